The fourth-order valence-corrected chi connectivity index (χ4v) is 1.43. The summed E-state index contributed by atoms with van der Waals surface area (Å²) in [5.41, 5.74) is 0. The molecule has 1 amide bonds. The number of benzene rings is 1. The van der Waals surface area contributed by atoms with Gasteiger partial charge in [-0.1, -0.05) is 13.0 Å². The Hall–Kier alpha value is -1.97. The van der Waals surface area contributed by atoms with Gasteiger partial charge in [0.15, 0.2) is 6.10 Å². The van der Waals surface area contributed by atoms with Gasteiger partial charge in [0.25, 0.3) is 5.91 Å². The van der Waals surface area contributed by atoms with E-state index in [9.17, 15) is 4.79 Å². The lowest BCUT2D eigenvalue weighted by atomic mass is 10.2. The summed E-state index contributed by atoms with van der Waals surface area (Å²) < 4.78 is 10.7. The van der Waals surface area contributed by atoms with Crippen molar-refractivity contribution in [2.24, 2.45) is 0 Å². The van der Waals surface area contributed by atoms with Crippen molar-refractivity contribution in [3.63, 3.8) is 0 Å². The fourth-order valence-electron chi connectivity index (χ4n) is 1.43. The van der Waals surface area contributed by atoms with E-state index in [1.54, 1.807) is 37.5 Å². The molecule has 98 valence electrons. The van der Waals surface area contributed by atoms with Crippen LogP contribution in [0.25, 0.3) is 0 Å². The van der Waals surface area contributed by atoms with Crippen LogP contribution in [0.1, 0.15) is 13.3 Å². The Kier molecular flexibility index (Phi) is 5.77. The lowest BCUT2D eigenvalue weighted by molar-refractivity contribution is -0.127. The molecule has 4 nitrogen and oxygen atoms in total. The average molecular weight is 249 g/mol. The Balaban J connectivity index is 2.60. The van der Waals surface area contributed by atoms with Crippen LogP contribution in [0.2, 0.25) is 0 Å². The molecule has 0 aliphatic rings. The van der Waals surface area contributed by atoms with Gasteiger partial charge in [0.05, 0.1) is 7.11 Å². The number of ether oxygens (including phenoxy) is 2. The number of carbonyl (C=O) groups excluding carboxylic acids is 1. The second-order valence-electron chi connectivity index (χ2n) is 3.72. The molecule has 1 atom stereocenters. The van der Waals surface area contributed by atoms with Gasteiger partial charge in [-0.25, -0.2) is 0 Å². The minimum Gasteiger partial charge on any atom is -0.497 e. The summed E-state index contributed by atoms with van der Waals surface area (Å²) in [5, 5.41) is 2.72. The maximum atomic E-state index is 11.8. The van der Waals surface area contributed by atoms with Gasteiger partial charge in [-0.2, -0.15) is 0 Å². The van der Waals surface area contributed by atoms with Crippen molar-refractivity contribution in [3.8, 4) is 11.5 Å². The zero-order valence-electron chi connectivity index (χ0n) is 10.8. The van der Waals surface area contributed by atoms with Crippen molar-refractivity contribution in [3.05, 3.63) is 36.9 Å². The number of hydrogen-bond acceptors (Lipinski definition) is 3. The van der Waals surface area contributed by atoms with E-state index in [2.05, 4.69) is 11.9 Å². The second kappa shape index (κ2) is 7.37. The van der Waals surface area contributed by atoms with Gasteiger partial charge in [-0.3, -0.25) is 4.79 Å². The Bertz CT molecular complexity index is 387. The van der Waals surface area contributed by atoms with E-state index in [0.29, 0.717) is 18.7 Å². The molecular formula is C14H19NO3. The van der Waals surface area contributed by atoms with E-state index in [0.717, 1.165) is 5.75 Å². The third-order valence-corrected chi connectivity index (χ3v) is 2.42. The standard InChI is InChI=1S/C14H19NO3/c1-4-10-15-14(16)13(5-2)18-12-8-6-11(17-3)7-9-12/h4,6-9,13H,1,5,10H2,2-3H3,(H,15,16). The average Bonchev–Trinajstić information content (AvgIpc) is 2.42. The molecule has 0 aliphatic heterocycles. The zero-order valence-corrected chi connectivity index (χ0v) is 10.8. The minimum atomic E-state index is -0.488. The molecule has 1 N–H and O–H groups in total. The number of rotatable bonds is 7. The van der Waals surface area contributed by atoms with Crippen LogP contribution in [-0.2, 0) is 4.79 Å². The highest BCUT2D eigenvalue weighted by Crippen LogP contribution is 2.18. The van der Waals surface area contributed by atoms with Crippen LogP contribution < -0.4 is 14.8 Å². The summed E-state index contributed by atoms with van der Waals surface area (Å²) in [4.78, 5) is 11.8. The SMILES string of the molecule is C=CCNC(=O)C(CC)Oc1ccc(OC)cc1. The Morgan fingerprint density at radius 2 is 2.00 bits per heavy atom. The first-order valence-corrected chi connectivity index (χ1v) is 5.90. The van der Waals surface area contributed by atoms with Gasteiger partial charge < -0.3 is 14.8 Å². The summed E-state index contributed by atoms with van der Waals surface area (Å²) in [5.74, 6) is 1.27. The van der Waals surface area contributed by atoms with Gasteiger partial charge >= 0.3 is 0 Å². The van der Waals surface area contributed by atoms with Gasteiger partial charge in [-0.05, 0) is 30.7 Å². The fraction of sp³-hybridized carbons (Fsp3) is 0.357. The molecule has 0 bridgehead atoms. The van der Waals surface area contributed by atoms with Crippen molar-refractivity contribution >= 4 is 5.91 Å². The summed E-state index contributed by atoms with van der Waals surface area (Å²) >= 11 is 0. The van der Waals surface area contributed by atoms with E-state index in [4.69, 9.17) is 9.47 Å². The van der Waals surface area contributed by atoms with Crippen LogP contribution >= 0.6 is 0 Å². The largest absolute Gasteiger partial charge is 0.497 e. The molecule has 4 heteroatoms. The molecule has 1 aromatic carbocycles. The summed E-state index contributed by atoms with van der Waals surface area (Å²) in [7, 11) is 1.60. The molecule has 0 saturated carbocycles. The number of carbonyl (C=O) groups is 1. The van der Waals surface area contributed by atoms with E-state index < -0.39 is 6.10 Å². The monoisotopic (exact) mass is 249 g/mol. The first kappa shape index (κ1) is 14.1. The van der Waals surface area contributed by atoms with Crippen LogP contribution in [0, 0.1) is 0 Å². The van der Waals surface area contributed by atoms with Crippen molar-refractivity contribution < 1.29 is 14.3 Å². The van der Waals surface area contributed by atoms with E-state index in [1.807, 2.05) is 6.92 Å². The third kappa shape index (κ3) is 4.13. The number of hydrogen-bond donors (Lipinski definition) is 1. The lowest BCUT2D eigenvalue weighted by Gasteiger charge is -2.16. The number of amides is 1. The highest BCUT2D eigenvalue weighted by atomic mass is 16.5. The maximum absolute atomic E-state index is 11.8. The summed E-state index contributed by atoms with van der Waals surface area (Å²) in [6, 6.07) is 7.15. The summed E-state index contributed by atoms with van der Waals surface area (Å²) in [6.45, 7) is 5.90. The zero-order chi connectivity index (χ0) is 13.4. The van der Waals surface area contributed by atoms with Crippen molar-refractivity contribution in [1.29, 1.82) is 0 Å². The van der Waals surface area contributed by atoms with E-state index >= 15 is 0 Å². The second-order valence-corrected chi connectivity index (χ2v) is 3.72. The molecule has 0 spiro atoms. The Morgan fingerprint density at radius 3 is 2.50 bits per heavy atom. The maximum Gasteiger partial charge on any atom is 0.261 e. The topological polar surface area (TPSA) is 47.6 Å². The lowest BCUT2D eigenvalue weighted by Crippen LogP contribution is -2.37. The van der Waals surface area contributed by atoms with Crippen LogP contribution in [0.3, 0.4) is 0 Å². The predicted molar refractivity (Wildman–Crippen MR) is 70.9 cm³/mol. The molecule has 1 unspecified atom stereocenters. The van der Waals surface area contributed by atoms with Gasteiger partial charge in [0.2, 0.25) is 0 Å². The molecule has 0 heterocycles. The normalized spacial score (nSPS) is 11.4. The molecule has 0 saturated heterocycles. The predicted octanol–water partition coefficient (Wildman–Crippen LogP) is 2.15. The van der Waals surface area contributed by atoms with Gasteiger partial charge in [0.1, 0.15) is 11.5 Å². The van der Waals surface area contributed by atoms with E-state index in [1.165, 1.54) is 0 Å². The molecule has 18 heavy (non-hydrogen) atoms. The minimum absolute atomic E-state index is 0.131. The van der Waals surface area contributed by atoms with Crippen LogP contribution in [0.15, 0.2) is 36.9 Å². The summed E-state index contributed by atoms with van der Waals surface area (Å²) in [6.07, 6.45) is 1.76. The molecule has 0 fully saturated rings. The van der Waals surface area contributed by atoms with Crippen molar-refractivity contribution in [2.75, 3.05) is 13.7 Å². The van der Waals surface area contributed by atoms with E-state index in [-0.39, 0.29) is 5.91 Å². The number of nitrogens with one attached hydrogen (secondary N) is 1. The van der Waals surface area contributed by atoms with Crippen LogP contribution in [-0.4, -0.2) is 25.7 Å². The Morgan fingerprint density at radius 1 is 1.39 bits per heavy atom. The Labute approximate surface area is 108 Å². The van der Waals surface area contributed by atoms with Gasteiger partial charge in [-0.15, -0.1) is 6.58 Å². The molecule has 1 aromatic rings. The highest BCUT2D eigenvalue weighted by Gasteiger charge is 2.17. The van der Waals surface area contributed by atoms with Crippen molar-refractivity contribution in [1.82, 2.24) is 5.32 Å². The van der Waals surface area contributed by atoms with Gasteiger partial charge in [0, 0.05) is 6.54 Å². The molecular weight excluding hydrogens is 230 g/mol. The van der Waals surface area contributed by atoms with Crippen LogP contribution in [0.4, 0.5) is 0 Å². The molecule has 1 rings (SSSR count). The number of methoxy groups -OCH3 is 1. The molecule has 0 radical (unpaired) electrons. The molecule has 0 aliphatic carbocycles. The molecule has 0 aromatic heterocycles. The van der Waals surface area contributed by atoms with Crippen LogP contribution in [0.5, 0.6) is 11.5 Å². The smallest absolute Gasteiger partial charge is 0.261 e. The first-order valence-electron chi connectivity index (χ1n) is 5.90. The quantitative estimate of drug-likeness (QED) is 0.753. The van der Waals surface area contributed by atoms with Crippen molar-refractivity contribution in [2.45, 2.75) is 19.4 Å². The third-order valence-electron chi connectivity index (χ3n) is 2.42. The highest BCUT2D eigenvalue weighted by molar-refractivity contribution is 5.81. The first-order chi connectivity index (χ1) is 8.71.